The first-order chi connectivity index (χ1) is 10.4. The van der Waals surface area contributed by atoms with Gasteiger partial charge in [-0.25, -0.2) is 4.68 Å². The molecule has 4 nitrogen and oxygen atoms in total. The molecule has 2 heterocycles. The molecular weight excluding hydrogens is 282 g/mol. The van der Waals surface area contributed by atoms with Crippen molar-refractivity contribution in [3.8, 4) is 10.6 Å². The van der Waals surface area contributed by atoms with E-state index in [0.717, 1.165) is 36.2 Å². The zero-order valence-corrected chi connectivity index (χ0v) is 12.3. The van der Waals surface area contributed by atoms with Crippen LogP contribution >= 0.6 is 11.3 Å². The predicted octanol–water partition coefficient (Wildman–Crippen LogP) is 3.45. The standard InChI is InChI=1S/C16H15N3OS/c20-12-14-16(15-9-5-11-21-15)19(18-17-14)10-4-8-13-6-2-1-3-7-13/h1-3,5-7,9,11-12H,4,8,10H2. The highest BCUT2D eigenvalue weighted by Gasteiger charge is 2.14. The van der Waals surface area contributed by atoms with E-state index in [9.17, 15) is 4.79 Å². The maximum absolute atomic E-state index is 11.1. The number of nitrogens with zero attached hydrogens (tertiary/aromatic N) is 3. The van der Waals surface area contributed by atoms with Crippen molar-refractivity contribution in [1.29, 1.82) is 0 Å². The van der Waals surface area contributed by atoms with Crippen molar-refractivity contribution in [3.05, 3.63) is 59.1 Å². The Bertz CT molecular complexity index is 704. The fourth-order valence-corrected chi connectivity index (χ4v) is 3.09. The van der Waals surface area contributed by atoms with Gasteiger partial charge in [0, 0.05) is 6.54 Å². The lowest BCUT2D eigenvalue weighted by molar-refractivity contribution is 0.111. The van der Waals surface area contributed by atoms with Gasteiger partial charge in [-0.3, -0.25) is 4.79 Å². The summed E-state index contributed by atoms with van der Waals surface area (Å²) in [6, 6.07) is 14.3. The summed E-state index contributed by atoms with van der Waals surface area (Å²) in [5.41, 5.74) is 2.55. The molecule has 0 unspecified atom stereocenters. The fourth-order valence-electron chi connectivity index (χ4n) is 2.31. The van der Waals surface area contributed by atoms with Crippen LogP contribution in [-0.4, -0.2) is 21.3 Å². The number of carbonyl (C=O) groups is 1. The molecule has 106 valence electrons. The van der Waals surface area contributed by atoms with Crippen molar-refractivity contribution >= 4 is 17.6 Å². The molecule has 21 heavy (non-hydrogen) atoms. The maximum Gasteiger partial charge on any atom is 0.172 e. The van der Waals surface area contributed by atoms with E-state index in [-0.39, 0.29) is 0 Å². The molecule has 0 bridgehead atoms. The molecule has 0 aliphatic carbocycles. The van der Waals surface area contributed by atoms with E-state index < -0.39 is 0 Å². The van der Waals surface area contributed by atoms with Gasteiger partial charge in [0.1, 0.15) is 5.69 Å². The maximum atomic E-state index is 11.1. The first-order valence-electron chi connectivity index (χ1n) is 6.85. The van der Waals surface area contributed by atoms with Crippen LogP contribution in [0.2, 0.25) is 0 Å². The van der Waals surface area contributed by atoms with Crippen LogP contribution in [0.3, 0.4) is 0 Å². The van der Waals surface area contributed by atoms with Gasteiger partial charge in [0.15, 0.2) is 12.0 Å². The third-order valence-corrected chi connectivity index (χ3v) is 4.18. The normalized spacial score (nSPS) is 10.7. The number of rotatable bonds is 6. The molecule has 0 spiro atoms. The molecule has 1 aromatic carbocycles. The van der Waals surface area contributed by atoms with Gasteiger partial charge in [-0.1, -0.05) is 41.6 Å². The van der Waals surface area contributed by atoms with Crippen molar-refractivity contribution in [1.82, 2.24) is 15.0 Å². The van der Waals surface area contributed by atoms with Crippen molar-refractivity contribution in [2.75, 3.05) is 0 Å². The summed E-state index contributed by atoms with van der Waals surface area (Å²) in [7, 11) is 0. The minimum atomic E-state index is 0.414. The third-order valence-electron chi connectivity index (χ3n) is 3.31. The van der Waals surface area contributed by atoms with Gasteiger partial charge in [-0.05, 0) is 29.9 Å². The fraction of sp³-hybridized carbons (Fsp3) is 0.188. The average molecular weight is 297 g/mol. The third kappa shape index (κ3) is 3.08. The first-order valence-corrected chi connectivity index (χ1v) is 7.73. The molecule has 0 aliphatic heterocycles. The van der Waals surface area contributed by atoms with Gasteiger partial charge in [-0.2, -0.15) is 0 Å². The van der Waals surface area contributed by atoms with E-state index in [1.807, 2.05) is 40.4 Å². The Balaban J connectivity index is 1.74. The van der Waals surface area contributed by atoms with Crippen molar-refractivity contribution in [2.24, 2.45) is 0 Å². The molecular formula is C16H15N3OS. The van der Waals surface area contributed by atoms with Crippen LogP contribution in [0, 0.1) is 0 Å². The lowest BCUT2D eigenvalue weighted by Gasteiger charge is -2.05. The van der Waals surface area contributed by atoms with Crippen LogP contribution in [-0.2, 0) is 13.0 Å². The van der Waals surface area contributed by atoms with Crippen molar-refractivity contribution in [2.45, 2.75) is 19.4 Å². The lowest BCUT2D eigenvalue weighted by Crippen LogP contribution is -2.04. The van der Waals surface area contributed by atoms with E-state index in [1.54, 1.807) is 11.3 Å². The van der Waals surface area contributed by atoms with Crippen LogP contribution in [0.4, 0.5) is 0 Å². The predicted molar refractivity (Wildman–Crippen MR) is 83.5 cm³/mol. The molecule has 0 radical (unpaired) electrons. The molecule has 0 amide bonds. The smallest absolute Gasteiger partial charge is 0.172 e. The van der Waals surface area contributed by atoms with Gasteiger partial charge in [0.2, 0.25) is 0 Å². The van der Waals surface area contributed by atoms with Crippen LogP contribution in [0.25, 0.3) is 10.6 Å². The Morgan fingerprint density at radius 3 is 2.71 bits per heavy atom. The summed E-state index contributed by atoms with van der Waals surface area (Å²) >= 11 is 1.59. The molecule has 0 fully saturated rings. The second-order valence-corrected chi connectivity index (χ2v) is 5.68. The summed E-state index contributed by atoms with van der Waals surface area (Å²) in [4.78, 5) is 12.1. The van der Waals surface area contributed by atoms with Crippen LogP contribution < -0.4 is 0 Å². The topological polar surface area (TPSA) is 47.8 Å². The highest BCUT2D eigenvalue weighted by molar-refractivity contribution is 7.13. The second-order valence-electron chi connectivity index (χ2n) is 4.73. The summed E-state index contributed by atoms with van der Waals surface area (Å²) in [5.74, 6) is 0. The molecule has 0 atom stereocenters. The Hall–Kier alpha value is -2.27. The van der Waals surface area contributed by atoms with Crippen LogP contribution in [0.15, 0.2) is 47.8 Å². The Morgan fingerprint density at radius 2 is 2.00 bits per heavy atom. The highest BCUT2D eigenvalue weighted by Crippen LogP contribution is 2.26. The quantitative estimate of drug-likeness (QED) is 0.655. The van der Waals surface area contributed by atoms with E-state index in [4.69, 9.17) is 0 Å². The van der Waals surface area contributed by atoms with Crippen LogP contribution in [0.1, 0.15) is 22.5 Å². The summed E-state index contributed by atoms with van der Waals surface area (Å²) in [6.45, 7) is 0.753. The first kappa shape index (κ1) is 13.7. The zero-order valence-electron chi connectivity index (χ0n) is 11.5. The summed E-state index contributed by atoms with van der Waals surface area (Å²) < 4.78 is 1.83. The van der Waals surface area contributed by atoms with Crippen LogP contribution in [0.5, 0.6) is 0 Å². The molecule has 2 aromatic heterocycles. The Kier molecular flexibility index (Phi) is 4.21. The SMILES string of the molecule is O=Cc1nnn(CCCc2ccccc2)c1-c1cccs1. The minimum Gasteiger partial charge on any atom is -0.296 e. The van der Waals surface area contributed by atoms with E-state index in [1.165, 1.54) is 5.56 Å². The summed E-state index contributed by atoms with van der Waals surface area (Å²) in [6.07, 6.45) is 2.72. The molecule has 0 N–H and O–H groups in total. The molecule has 3 rings (SSSR count). The molecule has 0 saturated carbocycles. The number of hydrogen-bond acceptors (Lipinski definition) is 4. The lowest BCUT2D eigenvalue weighted by atomic mass is 10.1. The second kappa shape index (κ2) is 6.45. The van der Waals surface area contributed by atoms with Gasteiger partial charge in [-0.15, -0.1) is 16.4 Å². The Labute approximate surface area is 127 Å². The van der Waals surface area contributed by atoms with Gasteiger partial charge < -0.3 is 0 Å². The molecule has 3 aromatic rings. The van der Waals surface area contributed by atoms with Gasteiger partial charge >= 0.3 is 0 Å². The van der Waals surface area contributed by atoms with E-state index in [2.05, 4.69) is 22.4 Å². The number of thiophene rings is 1. The monoisotopic (exact) mass is 297 g/mol. The zero-order chi connectivity index (χ0) is 14.5. The minimum absolute atomic E-state index is 0.414. The molecule has 0 aliphatic rings. The molecule has 5 heteroatoms. The Morgan fingerprint density at radius 1 is 1.14 bits per heavy atom. The van der Waals surface area contributed by atoms with Gasteiger partial charge in [0.05, 0.1) is 4.88 Å². The summed E-state index contributed by atoms with van der Waals surface area (Å²) in [5, 5.41) is 10.1. The highest BCUT2D eigenvalue weighted by atomic mass is 32.1. The largest absolute Gasteiger partial charge is 0.296 e. The van der Waals surface area contributed by atoms with E-state index >= 15 is 0 Å². The average Bonchev–Trinajstić information content (AvgIpc) is 3.16. The van der Waals surface area contributed by atoms with Gasteiger partial charge in [0.25, 0.3) is 0 Å². The van der Waals surface area contributed by atoms with Crippen molar-refractivity contribution in [3.63, 3.8) is 0 Å². The number of carbonyl (C=O) groups excluding carboxylic acids is 1. The van der Waals surface area contributed by atoms with Crippen molar-refractivity contribution < 1.29 is 4.79 Å². The number of aldehydes is 1. The number of aryl methyl sites for hydroxylation is 2. The van der Waals surface area contributed by atoms with E-state index in [0.29, 0.717) is 5.69 Å². The number of hydrogen-bond donors (Lipinski definition) is 0. The number of aromatic nitrogens is 3. The number of benzene rings is 1. The molecule has 0 saturated heterocycles.